The van der Waals surface area contributed by atoms with Crippen LogP contribution in [0.25, 0.3) is 5.69 Å². The Balaban J connectivity index is 2.17. The fourth-order valence-corrected chi connectivity index (χ4v) is 2.83. The van der Waals surface area contributed by atoms with Gasteiger partial charge >= 0.3 is 0 Å². The van der Waals surface area contributed by atoms with E-state index in [9.17, 15) is 9.50 Å². The summed E-state index contributed by atoms with van der Waals surface area (Å²) in [7, 11) is 0. The Kier molecular flexibility index (Phi) is 3.11. The van der Waals surface area contributed by atoms with Crippen molar-refractivity contribution in [2.45, 2.75) is 38.7 Å². The van der Waals surface area contributed by atoms with Crippen LogP contribution in [0.3, 0.4) is 0 Å². The van der Waals surface area contributed by atoms with Gasteiger partial charge < -0.3 is 9.67 Å². The van der Waals surface area contributed by atoms with Gasteiger partial charge in [-0.1, -0.05) is 6.07 Å². The van der Waals surface area contributed by atoms with Crippen LogP contribution in [0.15, 0.2) is 24.5 Å². The zero-order valence-corrected chi connectivity index (χ0v) is 10.9. The van der Waals surface area contributed by atoms with Crippen LogP contribution in [-0.4, -0.2) is 14.7 Å². The molecule has 0 radical (unpaired) electrons. The molecule has 0 unspecified atom stereocenters. The lowest BCUT2D eigenvalue weighted by Gasteiger charge is -2.18. The first kappa shape index (κ1) is 12.4. The second-order valence-electron chi connectivity index (χ2n) is 5.06. The number of hydrogen-bond acceptors (Lipinski definition) is 2. The molecule has 1 atom stereocenters. The number of rotatable bonds is 2. The lowest BCUT2D eigenvalue weighted by molar-refractivity contribution is 0.194. The summed E-state index contributed by atoms with van der Waals surface area (Å²) in [6, 6.07) is 4.89. The summed E-state index contributed by atoms with van der Waals surface area (Å²) in [4.78, 5) is 4.42. The number of fused-ring (bicyclic) bond motifs is 1. The highest BCUT2D eigenvalue weighted by atomic mass is 19.1. The Morgan fingerprint density at radius 2 is 2.11 bits per heavy atom. The van der Waals surface area contributed by atoms with E-state index in [-0.39, 0.29) is 5.82 Å². The van der Waals surface area contributed by atoms with Gasteiger partial charge in [-0.3, -0.25) is 0 Å². The standard InChI is InChI=1S/C15H17FN2O/c1-10(19)15-11(16)5-4-8-14(15)18-9-17-12-6-2-3-7-13(12)18/h4-5,8-10,19H,2-3,6-7H2,1H3/t10-/m0/s1. The average Bonchev–Trinajstić information content (AvgIpc) is 2.81. The van der Waals surface area contributed by atoms with Crippen molar-refractivity contribution in [2.24, 2.45) is 0 Å². The average molecular weight is 260 g/mol. The molecule has 100 valence electrons. The molecule has 0 saturated heterocycles. The fraction of sp³-hybridized carbons (Fsp3) is 0.400. The molecule has 19 heavy (non-hydrogen) atoms. The topological polar surface area (TPSA) is 38.0 Å². The minimum atomic E-state index is -0.835. The molecule has 1 heterocycles. The van der Waals surface area contributed by atoms with E-state index in [0.717, 1.165) is 37.1 Å². The van der Waals surface area contributed by atoms with E-state index in [0.29, 0.717) is 11.3 Å². The van der Waals surface area contributed by atoms with Crippen molar-refractivity contribution < 1.29 is 9.50 Å². The largest absolute Gasteiger partial charge is 0.389 e. The van der Waals surface area contributed by atoms with Crippen molar-refractivity contribution in [3.63, 3.8) is 0 Å². The van der Waals surface area contributed by atoms with E-state index in [4.69, 9.17) is 0 Å². The van der Waals surface area contributed by atoms with Crippen LogP contribution in [0.1, 0.15) is 42.8 Å². The molecule has 1 aromatic heterocycles. The van der Waals surface area contributed by atoms with Crippen LogP contribution < -0.4 is 0 Å². The number of aryl methyl sites for hydroxylation is 1. The van der Waals surface area contributed by atoms with Gasteiger partial charge in [0.05, 0.1) is 23.8 Å². The van der Waals surface area contributed by atoms with Crippen molar-refractivity contribution in [1.29, 1.82) is 0 Å². The van der Waals surface area contributed by atoms with E-state index in [1.165, 1.54) is 6.07 Å². The van der Waals surface area contributed by atoms with Gasteiger partial charge in [0.1, 0.15) is 5.82 Å². The van der Waals surface area contributed by atoms with Crippen LogP contribution in [0.2, 0.25) is 0 Å². The molecule has 1 aliphatic carbocycles. The van der Waals surface area contributed by atoms with E-state index >= 15 is 0 Å². The maximum Gasteiger partial charge on any atom is 0.131 e. The molecule has 4 heteroatoms. The normalized spacial score (nSPS) is 16.2. The van der Waals surface area contributed by atoms with Crippen molar-refractivity contribution in [3.05, 3.63) is 47.3 Å². The van der Waals surface area contributed by atoms with Crippen LogP contribution in [0, 0.1) is 5.82 Å². The molecule has 3 rings (SSSR count). The summed E-state index contributed by atoms with van der Waals surface area (Å²) in [5.41, 5.74) is 3.30. The second kappa shape index (κ2) is 4.78. The molecule has 0 saturated carbocycles. The number of halogens is 1. The minimum absolute atomic E-state index is 0.341. The lowest BCUT2D eigenvalue weighted by Crippen LogP contribution is -2.10. The molecule has 0 aliphatic heterocycles. The molecule has 1 aromatic carbocycles. The summed E-state index contributed by atoms with van der Waals surface area (Å²) in [6.07, 6.45) is 5.16. The monoisotopic (exact) mass is 260 g/mol. The van der Waals surface area contributed by atoms with E-state index in [1.54, 1.807) is 19.3 Å². The highest BCUT2D eigenvalue weighted by Gasteiger charge is 2.20. The minimum Gasteiger partial charge on any atom is -0.389 e. The Bertz CT molecular complexity index is 604. The molecule has 0 fully saturated rings. The summed E-state index contributed by atoms with van der Waals surface area (Å²) < 4.78 is 15.9. The predicted octanol–water partition coefficient (Wildman–Crippen LogP) is 2.94. The Morgan fingerprint density at radius 1 is 1.32 bits per heavy atom. The fourth-order valence-electron chi connectivity index (χ4n) is 2.83. The number of nitrogens with zero attached hydrogens (tertiary/aromatic N) is 2. The summed E-state index contributed by atoms with van der Waals surface area (Å²) in [6.45, 7) is 1.59. The molecule has 0 amide bonds. The number of benzene rings is 1. The lowest BCUT2D eigenvalue weighted by atomic mass is 10.0. The second-order valence-corrected chi connectivity index (χ2v) is 5.06. The van der Waals surface area contributed by atoms with Crippen LogP contribution in [-0.2, 0) is 12.8 Å². The number of imidazole rings is 1. The van der Waals surface area contributed by atoms with Gasteiger partial charge in [0, 0.05) is 11.3 Å². The first-order chi connectivity index (χ1) is 9.18. The summed E-state index contributed by atoms with van der Waals surface area (Å²) in [5.74, 6) is -0.370. The van der Waals surface area contributed by atoms with Gasteiger partial charge in [0.2, 0.25) is 0 Å². The SMILES string of the molecule is C[C@H](O)c1c(F)cccc1-n1cnc2c1CCCC2. The molecule has 1 aliphatic rings. The summed E-state index contributed by atoms with van der Waals surface area (Å²) >= 11 is 0. The zero-order valence-electron chi connectivity index (χ0n) is 10.9. The Hall–Kier alpha value is -1.68. The Morgan fingerprint density at radius 3 is 2.89 bits per heavy atom. The predicted molar refractivity (Wildman–Crippen MR) is 70.8 cm³/mol. The molecule has 3 nitrogen and oxygen atoms in total. The maximum absolute atomic E-state index is 13.9. The third-order valence-electron chi connectivity index (χ3n) is 3.74. The first-order valence-corrected chi connectivity index (χ1v) is 6.70. The van der Waals surface area contributed by atoms with E-state index < -0.39 is 6.10 Å². The quantitative estimate of drug-likeness (QED) is 0.901. The first-order valence-electron chi connectivity index (χ1n) is 6.70. The van der Waals surface area contributed by atoms with Crippen molar-refractivity contribution in [1.82, 2.24) is 9.55 Å². The van der Waals surface area contributed by atoms with Gasteiger partial charge in [0.25, 0.3) is 0 Å². The smallest absolute Gasteiger partial charge is 0.131 e. The third-order valence-corrected chi connectivity index (χ3v) is 3.74. The van der Waals surface area contributed by atoms with Crippen LogP contribution in [0.4, 0.5) is 4.39 Å². The van der Waals surface area contributed by atoms with Crippen molar-refractivity contribution in [2.75, 3.05) is 0 Å². The maximum atomic E-state index is 13.9. The molecular formula is C15H17FN2O. The molecule has 0 bridgehead atoms. The van der Waals surface area contributed by atoms with Crippen molar-refractivity contribution in [3.8, 4) is 5.69 Å². The Labute approximate surface area is 111 Å². The van der Waals surface area contributed by atoms with Crippen molar-refractivity contribution >= 4 is 0 Å². The van der Waals surface area contributed by atoms with Gasteiger partial charge in [-0.15, -0.1) is 0 Å². The van der Waals surface area contributed by atoms with E-state index in [2.05, 4.69) is 4.98 Å². The number of hydrogen-bond donors (Lipinski definition) is 1. The zero-order chi connectivity index (χ0) is 13.4. The van der Waals surface area contributed by atoms with Gasteiger partial charge in [-0.2, -0.15) is 0 Å². The number of aliphatic hydroxyl groups excluding tert-OH is 1. The molecular weight excluding hydrogens is 243 g/mol. The molecule has 1 N–H and O–H groups in total. The highest BCUT2D eigenvalue weighted by Crippen LogP contribution is 2.29. The molecule has 0 spiro atoms. The van der Waals surface area contributed by atoms with Gasteiger partial charge in [-0.05, 0) is 44.7 Å². The third kappa shape index (κ3) is 2.06. The van der Waals surface area contributed by atoms with Crippen LogP contribution in [0.5, 0.6) is 0 Å². The number of aromatic nitrogens is 2. The van der Waals surface area contributed by atoms with E-state index in [1.807, 2.05) is 10.6 Å². The van der Waals surface area contributed by atoms with Gasteiger partial charge in [-0.25, -0.2) is 9.37 Å². The highest BCUT2D eigenvalue weighted by molar-refractivity contribution is 5.45. The number of aliphatic hydroxyl groups is 1. The molecule has 2 aromatic rings. The summed E-state index contributed by atoms with van der Waals surface area (Å²) in [5, 5.41) is 9.81. The van der Waals surface area contributed by atoms with Crippen LogP contribution >= 0.6 is 0 Å². The van der Waals surface area contributed by atoms with Gasteiger partial charge in [0.15, 0.2) is 0 Å².